The molecule has 4 aromatic rings. The number of hydrogen-bond acceptors (Lipinski definition) is 3. The van der Waals surface area contributed by atoms with Crippen molar-refractivity contribution in [1.29, 1.82) is 0 Å². The fraction of sp³-hybridized carbons (Fsp3) is 0.0952. The van der Waals surface area contributed by atoms with Gasteiger partial charge in [0.2, 0.25) is 0 Å². The van der Waals surface area contributed by atoms with E-state index in [0.717, 1.165) is 22.3 Å². The zero-order chi connectivity index (χ0) is 19.7. The first kappa shape index (κ1) is 17.5. The number of benzene rings is 2. The summed E-state index contributed by atoms with van der Waals surface area (Å²) in [4.78, 5) is 24.6. The van der Waals surface area contributed by atoms with E-state index in [0.29, 0.717) is 5.56 Å². The summed E-state index contributed by atoms with van der Waals surface area (Å²) < 4.78 is 5.05. The molecule has 0 bridgehead atoms. The summed E-state index contributed by atoms with van der Waals surface area (Å²) in [5.41, 5.74) is 6.22. The maximum absolute atomic E-state index is 12.6. The van der Waals surface area contributed by atoms with Crippen LogP contribution >= 0.6 is 0 Å². The van der Waals surface area contributed by atoms with Crippen molar-refractivity contribution in [2.75, 3.05) is 0 Å². The first-order chi connectivity index (χ1) is 13.6. The summed E-state index contributed by atoms with van der Waals surface area (Å²) >= 11 is 0. The molecule has 0 spiro atoms. The van der Waals surface area contributed by atoms with Crippen molar-refractivity contribution in [2.24, 2.45) is 19.2 Å². The van der Waals surface area contributed by atoms with E-state index < -0.39 is 0 Å². The Labute approximate surface area is 161 Å². The van der Waals surface area contributed by atoms with Crippen LogP contribution in [0.25, 0.3) is 16.7 Å². The number of nitrogens with zero attached hydrogens (tertiary/aromatic N) is 4. The summed E-state index contributed by atoms with van der Waals surface area (Å²) in [5.74, 6) is -0.297. The Kier molecular flexibility index (Phi) is 4.41. The van der Waals surface area contributed by atoms with Gasteiger partial charge in [-0.25, -0.2) is 10.2 Å². The number of aryl methyl sites for hydroxylation is 2. The zero-order valence-corrected chi connectivity index (χ0v) is 15.5. The molecule has 1 N–H and O–H groups in total. The molecule has 1 amide bonds. The number of carbonyl (C=O) groups is 1. The molecule has 0 atom stereocenters. The van der Waals surface area contributed by atoms with E-state index in [-0.39, 0.29) is 11.6 Å². The number of nitrogens with one attached hydrogen (secondary N) is 1. The summed E-state index contributed by atoms with van der Waals surface area (Å²) in [5, 5.41) is 4.08. The average Bonchev–Trinajstić information content (AvgIpc) is 3.32. The molecule has 2 aromatic carbocycles. The molecule has 2 aromatic heterocycles. The van der Waals surface area contributed by atoms with Crippen LogP contribution in [-0.4, -0.2) is 25.8 Å². The van der Waals surface area contributed by atoms with Gasteiger partial charge in [-0.05, 0) is 42.0 Å². The Hall–Kier alpha value is -3.87. The zero-order valence-electron chi connectivity index (χ0n) is 15.5. The van der Waals surface area contributed by atoms with Gasteiger partial charge in [-0.3, -0.25) is 13.9 Å². The Morgan fingerprint density at radius 1 is 0.964 bits per heavy atom. The lowest BCUT2D eigenvalue weighted by Crippen LogP contribution is -2.19. The minimum absolute atomic E-state index is 0.0842. The minimum atomic E-state index is -0.297. The third-order valence-corrected chi connectivity index (χ3v) is 4.71. The molecule has 0 aliphatic heterocycles. The van der Waals surface area contributed by atoms with Crippen LogP contribution in [0.5, 0.6) is 0 Å². The number of rotatable bonds is 4. The van der Waals surface area contributed by atoms with Gasteiger partial charge in [-0.1, -0.05) is 18.2 Å². The highest BCUT2D eigenvalue weighted by molar-refractivity contribution is 5.98. The van der Waals surface area contributed by atoms with Crippen LogP contribution in [0.15, 0.2) is 76.9 Å². The molecule has 0 saturated carbocycles. The lowest BCUT2D eigenvalue weighted by molar-refractivity contribution is 0.0955. The van der Waals surface area contributed by atoms with E-state index in [1.807, 2.05) is 65.5 Å². The molecule has 0 radical (unpaired) electrons. The lowest BCUT2D eigenvalue weighted by Gasteiger charge is -2.09. The van der Waals surface area contributed by atoms with Crippen LogP contribution in [0.2, 0.25) is 0 Å². The van der Waals surface area contributed by atoms with Crippen molar-refractivity contribution < 1.29 is 4.79 Å². The number of para-hydroxylation sites is 1. The molecule has 2 heterocycles. The molecule has 0 aliphatic carbocycles. The van der Waals surface area contributed by atoms with Crippen molar-refractivity contribution in [3.63, 3.8) is 0 Å². The average molecular weight is 373 g/mol. The molecule has 7 heteroatoms. The van der Waals surface area contributed by atoms with E-state index in [9.17, 15) is 9.59 Å². The molecule has 0 aliphatic rings. The number of hydrogen-bond donors (Lipinski definition) is 1. The van der Waals surface area contributed by atoms with Crippen molar-refractivity contribution in [1.82, 2.24) is 19.1 Å². The standard InChI is InChI=1S/C21H19N5O2/c1-24-18-10-9-15(13-19(18)25(2)21(24)28)14-22-23-20(27)16-7-3-4-8-17(16)26-11-5-6-12-26/h3-14H,1-2H3,(H,23,27)/b22-14-. The van der Waals surface area contributed by atoms with Gasteiger partial charge in [0.15, 0.2) is 0 Å². The largest absolute Gasteiger partial charge is 0.328 e. The van der Waals surface area contributed by atoms with Gasteiger partial charge in [0.1, 0.15) is 0 Å². The first-order valence-electron chi connectivity index (χ1n) is 8.77. The monoisotopic (exact) mass is 373 g/mol. The molecule has 0 fully saturated rings. The number of hydrazone groups is 1. The fourth-order valence-corrected chi connectivity index (χ4v) is 3.22. The number of imidazole rings is 1. The van der Waals surface area contributed by atoms with Crippen LogP contribution in [0, 0.1) is 0 Å². The molecule has 0 unspecified atom stereocenters. The number of carbonyl (C=O) groups excluding carboxylic acids is 1. The summed E-state index contributed by atoms with van der Waals surface area (Å²) in [6.07, 6.45) is 5.33. The SMILES string of the molecule is Cn1c(=O)n(C)c2cc(/C=N\NC(=O)c3ccccc3-n3cccc3)ccc21. The Morgan fingerprint density at radius 3 is 2.46 bits per heavy atom. The highest BCUT2D eigenvalue weighted by atomic mass is 16.2. The van der Waals surface area contributed by atoms with Crippen molar-refractivity contribution in [2.45, 2.75) is 0 Å². The molecule has 28 heavy (non-hydrogen) atoms. The predicted molar refractivity (Wildman–Crippen MR) is 109 cm³/mol. The molecular weight excluding hydrogens is 354 g/mol. The van der Waals surface area contributed by atoms with E-state index in [1.54, 1.807) is 35.5 Å². The Bertz CT molecular complexity index is 1250. The lowest BCUT2D eigenvalue weighted by atomic mass is 10.1. The Balaban J connectivity index is 1.56. The second kappa shape index (κ2) is 7.03. The van der Waals surface area contributed by atoms with E-state index in [2.05, 4.69) is 10.5 Å². The van der Waals surface area contributed by atoms with Crippen LogP contribution < -0.4 is 11.1 Å². The minimum Gasteiger partial charge on any atom is -0.323 e. The predicted octanol–water partition coefficient (Wildman–Crippen LogP) is 2.43. The summed E-state index contributed by atoms with van der Waals surface area (Å²) in [6.45, 7) is 0. The van der Waals surface area contributed by atoms with Crippen LogP contribution in [0.4, 0.5) is 0 Å². The fourth-order valence-electron chi connectivity index (χ4n) is 3.22. The quantitative estimate of drug-likeness (QED) is 0.441. The molecular formula is C21H19N5O2. The van der Waals surface area contributed by atoms with Gasteiger partial charge < -0.3 is 4.57 Å². The summed E-state index contributed by atoms with van der Waals surface area (Å²) in [7, 11) is 3.46. The van der Waals surface area contributed by atoms with Crippen LogP contribution in [0.1, 0.15) is 15.9 Å². The van der Waals surface area contributed by atoms with Gasteiger partial charge >= 0.3 is 5.69 Å². The third kappa shape index (κ3) is 3.03. The smallest absolute Gasteiger partial charge is 0.323 e. The topological polar surface area (TPSA) is 73.3 Å². The second-order valence-electron chi connectivity index (χ2n) is 6.46. The van der Waals surface area contributed by atoms with Gasteiger partial charge in [0, 0.05) is 26.5 Å². The van der Waals surface area contributed by atoms with Crippen molar-refractivity contribution in [3.05, 3.63) is 88.6 Å². The maximum atomic E-state index is 12.6. The summed E-state index contributed by atoms with van der Waals surface area (Å²) in [6, 6.07) is 16.7. The van der Waals surface area contributed by atoms with Crippen molar-refractivity contribution >= 4 is 23.2 Å². The van der Waals surface area contributed by atoms with Gasteiger partial charge in [-0.2, -0.15) is 5.10 Å². The number of aromatic nitrogens is 3. The number of fused-ring (bicyclic) bond motifs is 1. The van der Waals surface area contributed by atoms with Crippen molar-refractivity contribution in [3.8, 4) is 5.69 Å². The third-order valence-electron chi connectivity index (χ3n) is 4.71. The maximum Gasteiger partial charge on any atom is 0.328 e. The molecule has 4 rings (SSSR count). The highest BCUT2D eigenvalue weighted by Crippen LogP contribution is 2.15. The van der Waals surface area contributed by atoms with E-state index in [1.165, 1.54) is 0 Å². The van der Waals surface area contributed by atoms with Gasteiger partial charge in [-0.15, -0.1) is 0 Å². The van der Waals surface area contributed by atoms with Crippen LogP contribution in [0.3, 0.4) is 0 Å². The van der Waals surface area contributed by atoms with Gasteiger partial charge in [0.05, 0.1) is 28.5 Å². The van der Waals surface area contributed by atoms with Gasteiger partial charge in [0.25, 0.3) is 5.91 Å². The molecule has 0 saturated heterocycles. The first-order valence-corrected chi connectivity index (χ1v) is 8.77. The van der Waals surface area contributed by atoms with Crippen LogP contribution in [-0.2, 0) is 14.1 Å². The second-order valence-corrected chi connectivity index (χ2v) is 6.46. The number of amides is 1. The Morgan fingerprint density at radius 2 is 1.68 bits per heavy atom. The molecule has 7 nitrogen and oxygen atoms in total. The molecule has 140 valence electrons. The van der Waals surface area contributed by atoms with E-state index >= 15 is 0 Å². The van der Waals surface area contributed by atoms with E-state index in [4.69, 9.17) is 0 Å². The normalized spacial score (nSPS) is 11.4. The highest BCUT2D eigenvalue weighted by Gasteiger charge is 2.11.